The molecule has 180 valence electrons. The zero-order chi connectivity index (χ0) is 24.6. The maximum absolute atomic E-state index is 12.5. The van der Waals surface area contributed by atoms with Crippen molar-refractivity contribution in [3.8, 4) is 0 Å². The van der Waals surface area contributed by atoms with Crippen molar-refractivity contribution in [1.29, 1.82) is 0 Å². The number of hydrogen-bond acceptors (Lipinski definition) is 7. The number of non-ortho nitro benzene ring substituents is 1. The number of carbonyl (C=O) groups is 2. The molecule has 2 heterocycles. The number of hydrogen-bond donors (Lipinski definition) is 2. The van der Waals surface area contributed by atoms with Crippen LogP contribution in [0.3, 0.4) is 0 Å². The van der Waals surface area contributed by atoms with Gasteiger partial charge in [-0.05, 0) is 29.8 Å². The number of nitrogens with zero attached hydrogens (tertiary/aromatic N) is 4. The number of piperazine rings is 1. The summed E-state index contributed by atoms with van der Waals surface area (Å²) in [6, 6.07) is 19.3. The summed E-state index contributed by atoms with van der Waals surface area (Å²) in [5, 5.41) is 16.1. The summed E-state index contributed by atoms with van der Waals surface area (Å²) in [7, 11) is 0. The SMILES string of the molecule is O=C(NCC(c1cccnc1)N1CCN(c2ccccc2)CC1)C(=O)Nc1cccc([N+](=O)[O-])c1. The number of para-hydroxylation sites is 1. The average Bonchev–Trinajstić information content (AvgIpc) is 2.90. The Morgan fingerprint density at radius 3 is 2.43 bits per heavy atom. The van der Waals surface area contributed by atoms with Crippen LogP contribution in [0.1, 0.15) is 11.6 Å². The van der Waals surface area contributed by atoms with E-state index < -0.39 is 16.7 Å². The largest absolute Gasteiger partial charge is 0.369 e. The van der Waals surface area contributed by atoms with Gasteiger partial charge in [-0.2, -0.15) is 0 Å². The van der Waals surface area contributed by atoms with Crippen LogP contribution in [0.4, 0.5) is 17.1 Å². The third-order valence-corrected chi connectivity index (χ3v) is 5.92. The Labute approximate surface area is 202 Å². The van der Waals surface area contributed by atoms with Crippen molar-refractivity contribution < 1.29 is 14.5 Å². The molecule has 0 radical (unpaired) electrons. The van der Waals surface area contributed by atoms with Gasteiger partial charge in [-0.1, -0.05) is 30.3 Å². The van der Waals surface area contributed by atoms with Crippen LogP contribution in [0.5, 0.6) is 0 Å². The molecule has 2 amide bonds. The van der Waals surface area contributed by atoms with Crippen molar-refractivity contribution >= 4 is 28.9 Å². The van der Waals surface area contributed by atoms with Gasteiger partial charge in [-0.3, -0.25) is 29.6 Å². The van der Waals surface area contributed by atoms with Crippen molar-refractivity contribution in [2.45, 2.75) is 6.04 Å². The summed E-state index contributed by atoms with van der Waals surface area (Å²) in [6.07, 6.45) is 3.46. The number of nitrogens with one attached hydrogen (secondary N) is 2. The predicted octanol–water partition coefficient (Wildman–Crippen LogP) is 2.61. The summed E-state index contributed by atoms with van der Waals surface area (Å²) in [4.78, 5) is 44.1. The number of carbonyl (C=O) groups excluding carboxylic acids is 2. The molecular formula is C25H26N6O4. The van der Waals surface area contributed by atoms with Crippen molar-refractivity contribution in [2.75, 3.05) is 42.9 Å². The van der Waals surface area contributed by atoms with Gasteiger partial charge in [0.2, 0.25) is 0 Å². The molecule has 0 bridgehead atoms. The molecule has 10 heteroatoms. The number of amides is 2. The molecule has 1 aliphatic heterocycles. The first-order valence-electron chi connectivity index (χ1n) is 11.3. The molecule has 4 rings (SSSR count). The molecule has 10 nitrogen and oxygen atoms in total. The molecule has 0 spiro atoms. The number of pyridine rings is 1. The van der Waals surface area contributed by atoms with E-state index in [0.717, 1.165) is 31.7 Å². The zero-order valence-corrected chi connectivity index (χ0v) is 19.0. The normalized spacial score (nSPS) is 14.7. The minimum Gasteiger partial charge on any atom is -0.369 e. The fourth-order valence-electron chi connectivity index (χ4n) is 4.12. The summed E-state index contributed by atoms with van der Waals surface area (Å²) in [5.41, 5.74) is 2.13. The van der Waals surface area contributed by atoms with Crippen LogP contribution in [0.25, 0.3) is 0 Å². The van der Waals surface area contributed by atoms with Crippen molar-refractivity contribution in [3.05, 3.63) is 94.8 Å². The fourth-order valence-corrected chi connectivity index (χ4v) is 4.12. The molecule has 2 aromatic carbocycles. The van der Waals surface area contributed by atoms with Gasteiger partial charge in [0.05, 0.1) is 11.0 Å². The number of nitro groups is 1. The Hall–Kier alpha value is -4.31. The first-order chi connectivity index (χ1) is 17.0. The smallest absolute Gasteiger partial charge is 0.313 e. The molecule has 1 unspecified atom stereocenters. The van der Waals surface area contributed by atoms with Gasteiger partial charge >= 0.3 is 11.8 Å². The third kappa shape index (κ3) is 6.18. The maximum Gasteiger partial charge on any atom is 0.313 e. The van der Waals surface area contributed by atoms with Crippen LogP contribution in [0, 0.1) is 10.1 Å². The van der Waals surface area contributed by atoms with E-state index in [4.69, 9.17) is 0 Å². The van der Waals surface area contributed by atoms with Crippen LogP contribution in [0.15, 0.2) is 79.1 Å². The van der Waals surface area contributed by atoms with Crippen molar-refractivity contribution in [3.63, 3.8) is 0 Å². The number of nitro benzene ring substituents is 1. The lowest BCUT2D eigenvalue weighted by Crippen LogP contribution is -2.50. The van der Waals surface area contributed by atoms with Crippen molar-refractivity contribution in [2.24, 2.45) is 0 Å². The summed E-state index contributed by atoms with van der Waals surface area (Å²) in [6.45, 7) is 3.45. The van der Waals surface area contributed by atoms with Crippen LogP contribution in [0.2, 0.25) is 0 Å². The lowest BCUT2D eigenvalue weighted by atomic mass is 10.1. The quantitative estimate of drug-likeness (QED) is 0.307. The van der Waals surface area contributed by atoms with Crippen LogP contribution < -0.4 is 15.5 Å². The van der Waals surface area contributed by atoms with Gasteiger partial charge in [0.1, 0.15) is 0 Å². The predicted molar refractivity (Wildman–Crippen MR) is 132 cm³/mol. The van der Waals surface area contributed by atoms with E-state index in [2.05, 4.69) is 37.6 Å². The van der Waals surface area contributed by atoms with Gasteiger partial charge in [0, 0.05) is 68.6 Å². The summed E-state index contributed by atoms with van der Waals surface area (Å²) in [5.74, 6) is -1.70. The molecule has 1 fully saturated rings. The van der Waals surface area contributed by atoms with Crippen molar-refractivity contribution in [1.82, 2.24) is 15.2 Å². The second-order valence-corrected chi connectivity index (χ2v) is 8.13. The number of aromatic nitrogens is 1. The monoisotopic (exact) mass is 474 g/mol. The molecule has 0 aliphatic carbocycles. The molecule has 1 aliphatic rings. The van der Waals surface area contributed by atoms with Gasteiger partial charge in [0.15, 0.2) is 0 Å². The van der Waals surface area contributed by atoms with Gasteiger partial charge in [-0.15, -0.1) is 0 Å². The first-order valence-corrected chi connectivity index (χ1v) is 11.3. The van der Waals surface area contributed by atoms with E-state index in [9.17, 15) is 19.7 Å². The van der Waals surface area contributed by atoms with E-state index in [1.54, 1.807) is 12.4 Å². The minimum absolute atomic E-state index is 0.156. The molecule has 2 N–H and O–H groups in total. The standard InChI is InChI=1S/C25H26N6O4/c32-24(25(33)28-20-7-4-10-22(16-20)31(34)35)27-18-23(19-6-5-11-26-17-19)30-14-12-29(13-15-30)21-8-2-1-3-9-21/h1-11,16-17,23H,12-15,18H2,(H,27,32)(H,28,33). The third-order valence-electron chi connectivity index (χ3n) is 5.92. The van der Waals surface area contributed by atoms with E-state index in [1.165, 1.54) is 30.0 Å². The number of benzene rings is 2. The minimum atomic E-state index is -0.885. The van der Waals surface area contributed by atoms with E-state index >= 15 is 0 Å². The highest BCUT2D eigenvalue weighted by Gasteiger charge is 2.27. The highest BCUT2D eigenvalue weighted by atomic mass is 16.6. The molecule has 35 heavy (non-hydrogen) atoms. The average molecular weight is 475 g/mol. The second kappa shape index (κ2) is 11.2. The first kappa shape index (κ1) is 23.8. The Bertz CT molecular complexity index is 1170. The fraction of sp³-hybridized carbons (Fsp3) is 0.240. The maximum atomic E-state index is 12.5. The lowest BCUT2D eigenvalue weighted by Gasteiger charge is -2.40. The van der Waals surface area contributed by atoms with E-state index in [-0.39, 0.29) is 24.0 Å². The Balaban J connectivity index is 1.38. The molecule has 1 atom stereocenters. The molecule has 1 saturated heterocycles. The Morgan fingerprint density at radius 2 is 1.74 bits per heavy atom. The van der Waals surface area contributed by atoms with Crippen LogP contribution >= 0.6 is 0 Å². The second-order valence-electron chi connectivity index (χ2n) is 8.13. The number of rotatable bonds is 7. The Morgan fingerprint density at radius 1 is 0.971 bits per heavy atom. The van der Waals surface area contributed by atoms with Gasteiger partial charge in [0.25, 0.3) is 5.69 Å². The lowest BCUT2D eigenvalue weighted by molar-refractivity contribution is -0.384. The highest BCUT2D eigenvalue weighted by molar-refractivity contribution is 6.39. The molecule has 3 aromatic rings. The molecule has 0 saturated carbocycles. The van der Waals surface area contributed by atoms with Gasteiger partial charge < -0.3 is 15.5 Å². The van der Waals surface area contributed by atoms with E-state index in [1.807, 2.05) is 30.3 Å². The van der Waals surface area contributed by atoms with Gasteiger partial charge in [-0.25, -0.2) is 0 Å². The van der Waals surface area contributed by atoms with Crippen LogP contribution in [-0.2, 0) is 9.59 Å². The summed E-state index contributed by atoms with van der Waals surface area (Å²) >= 11 is 0. The molecular weight excluding hydrogens is 448 g/mol. The van der Waals surface area contributed by atoms with Crippen LogP contribution in [-0.4, -0.2) is 59.3 Å². The molecule has 1 aromatic heterocycles. The van der Waals surface area contributed by atoms with E-state index in [0.29, 0.717) is 0 Å². The summed E-state index contributed by atoms with van der Waals surface area (Å²) < 4.78 is 0. The number of anilines is 2. The zero-order valence-electron chi connectivity index (χ0n) is 19.0. The highest BCUT2D eigenvalue weighted by Crippen LogP contribution is 2.23. The Kier molecular flexibility index (Phi) is 7.63. The topological polar surface area (TPSA) is 121 Å².